The minimum Gasteiger partial charge on any atom is -0.305 e. The Morgan fingerprint density at radius 3 is 2.67 bits per heavy atom. The van der Waals surface area contributed by atoms with Crippen LogP contribution in [0.4, 0.5) is 0 Å². The summed E-state index contributed by atoms with van der Waals surface area (Å²) >= 11 is 5.17. The van der Waals surface area contributed by atoms with Crippen molar-refractivity contribution in [3.05, 3.63) is 45.1 Å². The van der Waals surface area contributed by atoms with Gasteiger partial charge in [-0.3, -0.25) is 0 Å². The Labute approximate surface area is 101 Å². The van der Waals surface area contributed by atoms with E-state index >= 15 is 0 Å². The van der Waals surface area contributed by atoms with Gasteiger partial charge in [0.15, 0.2) is 0 Å². The van der Waals surface area contributed by atoms with Gasteiger partial charge < -0.3 is 5.32 Å². The molecule has 2 rings (SSSR count). The van der Waals surface area contributed by atoms with Gasteiger partial charge in [-0.25, -0.2) is 9.97 Å². The molecule has 3 nitrogen and oxygen atoms in total. The van der Waals surface area contributed by atoms with E-state index in [1.54, 1.807) is 23.7 Å². The molecule has 2 aromatic rings. The van der Waals surface area contributed by atoms with Crippen LogP contribution in [-0.2, 0) is 13.1 Å². The zero-order chi connectivity index (χ0) is 10.5. The number of nitrogens with one attached hydrogen (secondary N) is 1. The van der Waals surface area contributed by atoms with E-state index in [9.17, 15) is 0 Å². The summed E-state index contributed by atoms with van der Waals surface area (Å²) in [6.45, 7) is 1.56. The van der Waals surface area contributed by atoms with Gasteiger partial charge in [0.05, 0.1) is 10.3 Å². The van der Waals surface area contributed by atoms with Crippen LogP contribution >= 0.6 is 27.3 Å². The van der Waals surface area contributed by atoms with E-state index in [-0.39, 0.29) is 0 Å². The second-order valence-corrected chi connectivity index (χ2v) is 5.52. The van der Waals surface area contributed by atoms with Crippen molar-refractivity contribution in [2.24, 2.45) is 0 Å². The standard InChI is InChI=1S/C10H10BrN3S/c11-9-3-2-8(15-9)6-12-7-10-13-4-1-5-14-10/h1-5,12H,6-7H2. The number of halogens is 1. The van der Waals surface area contributed by atoms with E-state index in [4.69, 9.17) is 0 Å². The van der Waals surface area contributed by atoms with Gasteiger partial charge in [-0.2, -0.15) is 0 Å². The molecule has 15 heavy (non-hydrogen) atoms. The zero-order valence-electron chi connectivity index (χ0n) is 7.98. The highest BCUT2D eigenvalue weighted by Crippen LogP contribution is 2.21. The van der Waals surface area contributed by atoms with Crippen LogP contribution < -0.4 is 5.32 Å². The lowest BCUT2D eigenvalue weighted by Crippen LogP contribution is -2.13. The zero-order valence-corrected chi connectivity index (χ0v) is 10.4. The maximum Gasteiger partial charge on any atom is 0.141 e. The lowest BCUT2D eigenvalue weighted by molar-refractivity contribution is 0.668. The lowest BCUT2D eigenvalue weighted by atomic mass is 10.4. The number of rotatable bonds is 4. The first-order valence-electron chi connectivity index (χ1n) is 4.55. The van der Waals surface area contributed by atoms with Crippen molar-refractivity contribution in [3.63, 3.8) is 0 Å². The van der Waals surface area contributed by atoms with Crippen LogP contribution in [0.3, 0.4) is 0 Å². The molecule has 0 aliphatic rings. The molecule has 0 fully saturated rings. The van der Waals surface area contributed by atoms with Crippen LogP contribution in [-0.4, -0.2) is 9.97 Å². The number of aromatic nitrogens is 2. The average Bonchev–Trinajstić information content (AvgIpc) is 2.66. The fourth-order valence-electron chi connectivity index (χ4n) is 1.17. The van der Waals surface area contributed by atoms with Crippen LogP contribution in [0.25, 0.3) is 0 Å². The summed E-state index contributed by atoms with van der Waals surface area (Å²) in [4.78, 5) is 9.57. The fourth-order valence-corrected chi connectivity index (χ4v) is 2.62. The van der Waals surface area contributed by atoms with Crippen LogP contribution in [0.15, 0.2) is 34.4 Å². The predicted octanol–water partition coefficient (Wildman–Crippen LogP) is 2.59. The molecule has 0 bridgehead atoms. The van der Waals surface area contributed by atoms with Gasteiger partial charge in [-0.15, -0.1) is 11.3 Å². The largest absolute Gasteiger partial charge is 0.305 e. The molecule has 0 aliphatic heterocycles. The first-order valence-corrected chi connectivity index (χ1v) is 6.16. The Bertz CT molecular complexity index is 416. The highest BCUT2D eigenvalue weighted by atomic mass is 79.9. The Morgan fingerprint density at radius 2 is 2.00 bits per heavy atom. The highest BCUT2D eigenvalue weighted by molar-refractivity contribution is 9.11. The third kappa shape index (κ3) is 3.37. The molecule has 0 saturated heterocycles. The van der Waals surface area contributed by atoms with E-state index in [0.717, 1.165) is 16.2 Å². The van der Waals surface area contributed by atoms with E-state index in [2.05, 4.69) is 43.3 Å². The minimum absolute atomic E-state index is 0.705. The van der Waals surface area contributed by atoms with Crippen molar-refractivity contribution < 1.29 is 0 Å². The molecular weight excluding hydrogens is 274 g/mol. The summed E-state index contributed by atoms with van der Waals surface area (Å²) in [5.41, 5.74) is 0. The highest BCUT2D eigenvalue weighted by Gasteiger charge is 1.98. The molecule has 0 amide bonds. The molecule has 0 radical (unpaired) electrons. The third-order valence-electron chi connectivity index (χ3n) is 1.83. The molecule has 0 spiro atoms. The van der Waals surface area contributed by atoms with E-state index in [0.29, 0.717) is 6.54 Å². The Kier molecular flexibility index (Phi) is 3.82. The van der Waals surface area contributed by atoms with Crippen molar-refractivity contribution in [1.82, 2.24) is 15.3 Å². The molecule has 78 valence electrons. The average molecular weight is 284 g/mol. The second kappa shape index (κ2) is 5.34. The monoisotopic (exact) mass is 283 g/mol. The third-order valence-corrected chi connectivity index (χ3v) is 3.45. The van der Waals surface area contributed by atoms with Gasteiger partial charge >= 0.3 is 0 Å². The number of nitrogens with zero attached hydrogens (tertiary/aromatic N) is 2. The topological polar surface area (TPSA) is 37.8 Å². The van der Waals surface area contributed by atoms with Crippen LogP contribution in [0, 0.1) is 0 Å². The van der Waals surface area contributed by atoms with Gasteiger partial charge in [-0.05, 0) is 34.1 Å². The summed E-state index contributed by atoms with van der Waals surface area (Å²) in [6, 6.07) is 5.98. The second-order valence-electron chi connectivity index (χ2n) is 2.97. The van der Waals surface area contributed by atoms with Gasteiger partial charge in [0, 0.05) is 23.8 Å². The number of hydrogen-bond acceptors (Lipinski definition) is 4. The normalized spacial score (nSPS) is 10.5. The summed E-state index contributed by atoms with van der Waals surface area (Å²) in [7, 11) is 0. The minimum atomic E-state index is 0.705. The first kappa shape index (κ1) is 10.7. The molecule has 0 aromatic carbocycles. The summed E-state index contributed by atoms with van der Waals surface area (Å²) < 4.78 is 1.16. The van der Waals surface area contributed by atoms with E-state index < -0.39 is 0 Å². The SMILES string of the molecule is Brc1ccc(CNCc2ncccn2)s1. The van der Waals surface area contributed by atoms with E-state index in [1.807, 2.05) is 6.07 Å². The first-order chi connectivity index (χ1) is 7.34. The van der Waals surface area contributed by atoms with Crippen LogP contribution in [0.1, 0.15) is 10.7 Å². The molecule has 0 aliphatic carbocycles. The maximum atomic E-state index is 4.14. The molecule has 0 atom stereocenters. The van der Waals surface area contributed by atoms with Gasteiger partial charge in [0.2, 0.25) is 0 Å². The van der Waals surface area contributed by atoms with E-state index in [1.165, 1.54) is 4.88 Å². The van der Waals surface area contributed by atoms with Crippen molar-refractivity contribution >= 4 is 27.3 Å². The van der Waals surface area contributed by atoms with Gasteiger partial charge in [0.1, 0.15) is 5.82 Å². The van der Waals surface area contributed by atoms with Crippen LogP contribution in [0.5, 0.6) is 0 Å². The Morgan fingerprint density at radius 1 is 1.20 bits per heavy atom. The summed E-state index contributed by atoms with van der Waals surface area (Å²) in [5, 5.41) is 3.30. The Hall–Kier alpha value is -0.780. The van der Waals surface area contributed by atoms with Crippen molar-refractivity contribution in [2.75, 3.05) is 0 Å². The molecular formula is C10H10BrN3S. The van der Waals surface area contributed by atoms with Gasteiger partial charge in [-0.1, -0.05) is 0 Å². The number of thiophene rings is 1. The van der Waals surface area contributed by atoms with Gasteiger partial charge in [0.25, 0.3) is 0 Å². The molecule has 2 aromatic heterocycles. The summed E-state index contributed by atoms with van der Waals surface area (Å²) in [5.74, 6) is 0.827. The van der Waals surface area contributed by atoms with Crippen LogP contribution in [0.2, 0.25) is 0 Å². The van der Waals surface area contributed by atoms with Crippen molar-refractivity contribution in [2.45, 2.75) is 13.1 Å². The summed E-state index contributed by atoms with van der Waals surface area (Å²) in [6.07, 6.45) is 3.51. The fraction of sp³-hybridized carbons (Fsp3) is 0.200. The lowest BCUT2D eigenvalue weighted by Gasteiger charge is -2.00. The molecule has 2 heterocycles. The molecule has 5 heteroatoms. The smallest absolute Gasteiger partial charge is 0.141 e. The molecule has 0 unspecified atom stereocenters. The Balaban J connectivity index is 1.80. The molecule has 0 saturated carbocycles. The predicted molar refractivity (Wildman–Crippen MR) is 64.6 cm³/mol. The maximum absolute atomic E-state index is 4.14. The molecule has 1 N–H and O–H groups in total. The number of hydrogen-bond donors (Lipinski definition) is 1. The van der Waals surface area contributed by atoms with Crippen molar-refractivity contribution in [1.29, 1.82) is 0 Å². The van der Waals surface area contributed by atoms with Crippen molar-refractivity contribution in [3.8, 4) is 0 Å². The quantitative estimate of drug-likeness (QED) is 0.937.